The van der Waals surface area contributed by atoms with Gasteiger partial charge in [0.15, 0.2) is 0 Å². The second-order valence-electron chi connectivity index (χ2n) is 13.8. The summed E-state index contributed by atoms with van der Waals surface area (Å²) < 4.78 is 2.36. The van der Waals surface area contributed by atoms with Crippen LogP contribution in [0.2, 0.25) is 0 Å². The highest BCUT2D eigenvalue weighted by Gasteiger charge is 2.16. The van der Waals surface area contributed by atoms with Crippen molar-refractivity contribution in [2.75, 3.05) is 17.7 Å². The Morgan fingerprint density at radius 2 is 1.24 bits per heavy atom. The number of allylic oxidation sites excluding steroid dienone is 5. The number of anilines is 3. The lowest BCUT2D eigenvalue weighted by Crippen LogP contribution is -1.98. The molecule has 0 saturated carbocycles. The number of hydrogen-bond donors (Lipinski definition) is 2. The van der Waals surface area contributed by atoms with Gasteiger partial charge in [-0.2, -0.15) is 0 Å². The van der Waals surface area contributed by atoms with Crippen LogP contribution in [-0.4, -0.2) is 11.6 Å². The van der Waals surface area contributed by atoms with Crippen LogP contribution < -0.4 is 10.6 Å². The van der Waals surface area contributed by atoms with Gasteiger partial charge in [0, 0.05) is 51.7 Å². The minimum atomic E-state index is 0.931. The van der Waals surface area contributed by atoms with E-state index in [0.717, 1.165) is 57.0 Å². The van der Waals surface area contributed by atoms with E-state index >= 15 is 0 Å². The summed E-state index contributed by atoms with van der Waals surface area (Å²) in [7, 11) is 1.99. The lowest BCUT2D eigenvalue weighted by molar-refractivity contribution is 1.14. The van der Waals surface area contributed by atoms with E-state index < -0.39 is 0 Å². The third-order valence-corrected chi connectivity index (χ3v) is 10.4. The molecule has 0 aliphatic carbocycles. The number of aryl methyl sites for hydroxylation is 1. The molecule has 1 aromatic heterocycles. The fraction of sp³-hybridized carbons (Fsp3) is 0.0769. The Hall–Kier alpha value is -6.84. The first kappa shape index (κ1) is 35.2. The first-order valence-electron chi connectivity index (χ1n) is 19.1. The van der Waals surface area contributed by atoms with Crippen LogP contribution in [0.15, 0.2) is 189 Å². The first-order valence-corrected chi connectivity index (χ1v) is 19.1. The second-order valence-corrected chi connectivity index (χ2v) is 13.8. The monoisotopic (exact) mass is 711 g/mol. The standard InChI is InChI=1S/C52H45N3/c1-5-7-10-17-36(3)45-32-40(41-24-28-49(53-4)46(33-41)44-23-16-15-18-37(44)6-2)25-29-50(45)54-42-27-31-52-48(35-42)47-34-39(38-19-11-8-12-20-38)26-30-51(47)55(52)43-21-13-9-14-22-43/h5,7-35,53-54H,3,6H2,1-2,4H3/b7-5-,17-10-. The van der Waals surface area contributed by atoms with E-state index in [9.17, 15) is 0 Å². The van der Waals surface area contributed by atoms with Crippen LogP contribution in [-0.2, 0) is 6.42 Å². The van der Waals surface area contributed by atoms with Crippen LogP contribution in [0, 0.1) is 0 Å². The van der Waals surface area contributed by atoms with Crippen molar-refractivity contribution in [1.29, 1.82) is 0 Å². The summed E-state index contributed by atoms with van der Waals surface area (Å²) in [6, 6.07) is 56.8. The minimum absolute atomic E-state index is 0.931. The summed E-state index contributed by atoms with van der Waals surface area (Å²) in [5, 5.41) is 9.64. The molecule has 0 fully saturated rings. The average Bonchev–Trinajstić information content (AvgIpc) is 3.57. The summed E-state index contributed by atoms with van der Waals surface area (Å²) >= 11 is 0. The summed E-state index contributed by atoms with van der Waals surface area (Å²) in [6.07, 6.45) is 9.17. The van der Waals surface area contributed by atoms with Crippen molar-refractivity contribution in [3.05, 3.63) is 200 Å². The number of fused-ring (bicyclic) bond motifs is 3. The third-order valence-electron chi connectivity index (χ3n) is 10.4. The molecule has 7 aromatic carbocycles. The van der Waals surface area contributed by atoms with E-state index in [1.807, 2.05) is 26.1 Å². The van der Waals surface area contributed by atoms with Gasteiger partial charge in [0.2, 0.25) is 0 Å². The lowest BCUT2D eigenvalue weighted by Gasteiger charge is -2.17. The van der Waals surface area contributed by atoms with Gasteiger partial charge in [-0.25, -0.2) is 0 Å². The number of rotatable bonds is 11. The molecule has 0 atom stereocenters. The van der Waals surface area contributed by atoms with Gasteiger partial charge >= 0.3 is 0 Å². The Morgan fingerprint density at radius 3 is 1.98 bits per heavy atom. The zero-order chi connectivity index (χ0) is 37.7. The summed E-state index contributed by atoms with van der Waals surface area (Å²) in [4.78, 5) is 0. The predicted molar refractivity (Wildman–Crippen MR) is 239 cm³/mol. The van der Waals surface area contributed by atoms with E-state index in [1.54, 1.807) is 0 Å². The molecule has 1 heterocycles. The van der Waals surface area contributed by atoms with Gasteiger partial charge in [0.05, 0.1) is 11.0 Å². The molecule has 8 rings (SSSR count). The second kappa shape index (κ2) is 15.6. The van der Waals surface area contributed by atoms with Crippen molar-refractivity contribution in [1.82, 2.24) is 4.57 Å². The highest BCUT2D eigenvalue weighted by molar-refractivity contribution is 6.11. The summed E-state index contributed by atoms with van der Waals surface area (Å²) in [6.45, 7) is 8.78. The molecule has 3 heteroatoms. The Kier molecular flexibility index (Phi) is 10.0. The molecule has 0 spiro atoms. The van der Waals surface area contributed by atoms with Crippen molar-refractivity contribution in [3.8, 4) is 39.1 Å². The van der Waals surface area contributed by atoms with Crippen molar-refractivity contribution in [3.63, 3.8) is 0 Å². The molecule has 268 valence electrons. The SMILES string of the molecule is C=C(/C=C\C=C/C)c1cc(-c2ccc(NC)c(-c3ccccc3CC)c2)ccc1Nc1ccc2c(c1)c1cc(-c3ccccc3)ccc1n2-c1ccccc1. The lowest BCUT2D eigenvalue weighted by atomic mass is 9.92. The minimum Gasteiger partial charge on any atom is -0.388 e. The number of para-hydroxylation sites is 1. The molecule has 0 saturated heterocycles. The molecular formula is C52H45N3. The van der Waals surface area contributed by atoms with Crippen LogP contribution in [0.25, 0.3) is 66.4 Å². The van der Waals surface area contributed by atoms with E-state index in [-0.39, 0.29) is 0 Å². The Labute approximate surface area is 324 Å². The zero-order valence-corrected chi connectivity index (χ0v) is 31.7. The fourth-order valence-electron chi connectivity index (χ4n) is 7.65. The topological polar surface area (TPSA) is 29.0 Å². The average molecular weight is 712 g/mol. The van der Waals surface area contributed by atoms with E-state index in [0.29, 0.717) is 0 Å². The number of nitrogens with one attached hydrogen (secondary N) is 2. The highest BCUT2D eigenvalue weighted by Crippen LogP contribution is 2.40. The maximum Gasteiger partial charge on any atom is 0.0542 e. The molecule has 8 aromatic rings. The predicted octanol–water partition coefficient (Wildman–Crippen LogP) is 14.3. The van der Waals surface area contributed by atoms with Gasteiger partial charge in [-0.05, 0) is 119 Å². The molecule has 0 aliphatic rings. The van der Waals surface area contributed by atoms with Gasteiger partial charge < -0.3 is 15.2 Å². The normalized spacial score (nSPS) is 11.5. The number of benzene rings is 7. The van der Waals surface area contributed by atoms with Crippen molar-refractivity contribution < 1.29 is 0 Å². The van der Waals surface area contributed by atoms with Gasteiger partial charge in [0.25, 0.3) is 0 Å². The molecular weight excluding hydrogens is 667 g/mol. The largest absolute Gasteiger partial charge is 0.388 e. The van der Waals surface area contributed by atoms with Crippen LogP contribution in [0.3, 0.4) is 0 Å². The molecule has 0 bridgehead atoms. The molecule has 0 aliphatic heterocycles. The molecule has 0 amide bonds. The van der Waals surface area contributed by atoms with Gasteiger partial charge in [-0.15, -0.1) is 0 Å². The molecule has 0 radical (unpaired) electrons. The van der Waals surface area contributed by atoms with Crippen LogP contribution in [0.5, 0.6) is 0 Å². The fourth-order valence-corrected chi connectivity index (χ4v) is 7.65. The number of nitrogens with zero attached hydrogens (tertiary/aromatic N) is 1. The maximum absolute atomic E-state index is 4.54. The first-order chi connectivity index (χ1) is 27.1. The van der Waals surface area contributed by atoms with Crippen molar-refractivity contribution in [2.45, 2.75) is 20.3 Å². The zero-order valence-electron chi connectivity index (χ0n) is 31.7. The maximum atomic E-state index is 4.54. The van der Waals surface area contributed by atoms with Crippen LogP contribution in [0.1, 0.15) is 25.0 Å². The Balaban J connectivity index is 1.24. The number of aromatic nitrogens is 1. The van der Waals surface area contributed by atoms with E-state index in [1.165, 1.54) is 44.1 Å². The highest BCUT2D eigenvalue weighted by atomic mass is 15.0. The Bertz CT molecular complexity index is 2710. The van der Waals surface area contributed by atoms with E-state index in [2.05, 4.69) is 199 Å². The van der Waals surface area contributed by atoms with Crippen molar-refractivity contribution >= 4 is 44.4 Å². The van der Waals surface area contributed by atoms with Crippen LogP contribution >= 0.6 is 0 Å². The van der Waals surface area contributed by atoms with Crippen molar-refractivity contribution in [2.24, 2.45) is 0 Å². The molecule has 2 N–H and O–H groups in total. The summed E-state index contributed by atoms with van der Waals surface area (Å²) in [5.41, 5.74) is 17.1. The Morgan fingerprint density at radius 1 is 0.600 bits per heavy atom. The summed E-state index contributed by atoms with van der Waals surface area (Å²) in [5.74, 6) is 0. The van der Waals surface area contributed by atoms with Gasteiger partial charge in [-0.3, -0.25) is 0 Å². The molecule has 0 unspecified atom stereocenters. The van der Waals surface area contributed by atoms with E-state index in [4.69, 9.17) is 0 Å². The smallest absolute Gasteiger partial charge is 0.0542 e. The van der Waals surface area contributed by atoms with Gasteiger partial charge in [0.1, 0.15) is 0 Å². The number of hydrogen-bond acceptors (Lipinski definition) is 2. The quantitative estimate of drug-likeness (QED) is 0.131. The molecule has 3 nitrogen and oxygen atoms in total. The third kappa shape index (κ3) is 7.01. The van der Waals surface area contributed by atoms with Crippen LogP contribution in [0.4, 0.5) is 17.1 Å². The van der Waals surface area contributed by atoms with Gasteiger partial charge in [-0.1, -0.05) is 129 Å². The molecule has 55 heavy (non-hydrogen) atoms.